The van der Waals surface area contributed by atoms with Crippen molar-refractivity contribution in [2.24, 2.45) is 0 Å². The Balaban J connectivity index is 1.25. The number of benzene rings is 2. The Bertz CT molecular complexity index is 1640. The third-order valence-electron chi connectivity index (χ3n) is 5.05. The van der Waals surface area contributed by atoms with Crippen LogP contribution in [-0.2, 0) is 0 Å². The van der Waals surface area contributed by atoms with E-state index >= 15 is 0 Å². The van der Waals surface area contributed by atoms with Crippen LogP contribution in [0.2, 0.25) is 0 Å². The lowest BCUT2D eigenvalue weighted by atomic mass is 10.2. The molecular formula is C23H15N9OS. The molecule has 34 heavy (non-hydrogen) atoms. The summed E-state index contributed by atoms with van der Waals surface area (Å²) in [6, 6.07) is 15.1. The maximum atomic E-state index is 12.6. The topological polar surface area (TPSA) is 134 Å². The highest BCUT2D eigenvalue weighted by Gasteiger charge is 2.14. The van der Waals surface area contributed by atoms with Gasteiger partial charge in [-0.25, -0.2) is 15.0 Å². The van der Waals surface area contributed by atoms with Crippen LogP contribution >= 0.6 is 11.3 Å². The number of aromatic amines is 1. The first-order chi connectivity index (χ1) is 16.7. The van der Waals surface area contributed by atoms with Gasteiger partial charge in [0, 0.05) is 22.8 Å². The fourth-order valence-corrected chi connectivity index (χ4v) is 4.29. The molecule has 0 radical (unpaired) electrons. The second-order valence-corrected chi connectivity index (χ2v) is 8.38. The highest BCUT2D eigenvalue weighted by molar-refractivity contribution is 7.20. The number of anilines is 3. The molecule has 1 amide bonds. The highest BCUT2D eigenvalue weighted by Crippen LogP contribution is 2.28. The molecule has 0 spiro atoms. The number of fused-ring (bicyclic) bond motifs is 2. The van der Waals surface area contributed by atoms with Crippen molar-refractivity contribution in [3.63, 3.8) is 0 Å². The van der Waals surface area contributed by atoms with Gasteiger partial charge in [-0.05, 0) is 48.5 Å². The van der Waals surface area contributed by atoms with Crippen LogP contribution in [0, 0.1) is 0 Å². The fraction of sp³-hybridized carbons (Fsp3) is 0. The van der Waals surface area contributed by atoms with Gasteiger partial charge in [-0.1, -0.05) is 0 Å². The van der Waals surface area contributed by atoms with Crippen molar-refractivity contribution >= 4 is 55.6 Å². The molecule has 0 saturated heterocycles. The quantitative estimate of drug-likeness (QED) is 0.341. The van der Waals surface area contributed by atoms with Gasteiger partial charge < -0.3 is 10.6 Å². The molecular weight excluding hydrogens is 450 g/mol. The van der Waals surface area contributed by atoms with E-state index < -0.39 is 0 Å². The summed E-state index contributed by atoms with van der Waals surface area (Å²) in [6.07, 6.45) is 6.47. The highest BCUT2D eigenvalue weighted by atomic mass is 32.1. The van der Waals surface area contributed by atoms with Crippen molar-refractivity contribution in [3.8, 4) is 11.4 Å². The zero-order valence-electron chi connectivity index (χ0n) is 17.4. The van der Waals surface area contributed by atoms with E-state index in [2.05, 4.69) is 46.0 Å². The van der Waals surface area contributed by atoms with E-state index in [-0.39, 0.29) is 5.91 Å². The smallest absolute Gasteiger partial charge is 0.284 e. The van der Waals surface area contributed by atoms with Crippen molar-refractivity contribution in [1.82, 2.24) is 35.3 Å². The molecule has 4 aromatic heterocycles. The van der Waals surface area contributed by atoms with Gasteiger partial charge in [0.1, 0.15) is 5.82 Å². The molecule has 0 atom stereocenters. The van der Waals surface area contributed by atoms with Gasteiger partial charge in [-0.3, -0.25) is 9.89 Å². The van der Waals surface area contributed by atoms with Crippen LogP contribution in [0.25, 0.3) is 32.5 Å². The number of hydrogen-bond acceptors (Lipinski definition) is 9. The summed E-state index contributed by atoms with van der Waals surface area (Å²) in [5.74, 6) is 0.920. The summed E-state index contributed by atoms with van der Waals surface area (Å²) >= 11 is 1.32. The monoisotopic (exact) mass is 465 g/mol. The molecule has 11 heteroatoms. The van der Waals surface area contributed by atoms with E-state index in [1.807, 2.05) is 36.4 Å². The number of nitrogens with one attached hydrogen (secondary N) is 3. The van der Waals surface area contributed by atoms with Gasteiger partial charge in [0.2, 0.25) is 0 Å². The number of carbonyl (C=O) groups excluding carboxylic acids is 1. The van der Waals surface area contributed by atoms with E-state index in [4.69, 9.17) is 0 Å². The molecule has 0 unspecified atom stereocenters. The molecule has 0 saturated carbocycles. The SMILES string of the molecule is O=C(Nc1ccnnc1)c1nc2cc(-c3nccc(Nc4ccc5[nH]ncc5c4)n3)ccc2s1. The van der Waals surface area contributed by atoms with Crippen molar-refractivity contribution in [1.29, 1.82) is 0 Å². The number of nitrogens with zero attached hydrogens (tertiary/aromatic N) is 6. The lowest BCUT2D eigenvalue weighted by Crippen LogP contribution is -2.11. The van der Waals surface area contributed by atoms with Crippen LogP contribution in [0.4, 0.5) is 17.2 Å². The van der Waals surface area contributed by atoms with E-state index in [1.54, 1.807) is 24.5 Å². The second kappa shape index (κ2) is 8.30. The zero-order chi connectivity index (χ0) is 22.9. The Morgan fingerprint density at radius 3 is 2.79 bits per heavy atom. The van der Waals surface area contributed by atoms with Gasteiger partial charge in [0.25, 0.3) is 5.91 Å². The summed E-state index contributed by atoms with van der Waals surface area (Å²) < 4.78 is 0.893. The number of rotatable bonds is 5. The minimum atomic E-state index is -0.298. The van der Waals surface area contributed by atoms with Gasteiger partial charge in [0.15, 0.2) is 10.8 Å². The van der Waals surface area contributed by atoms with Crippen LogP contribution in [0.15, 0.2) is 73.3 Å². The molecule has 2 aromatic carbocycles. The Morgan fingerprint density at radius 2 is 1.88 bits per heavy atom. The molecule has 6 rings (SSSR count). The average Bonchev–Trinajstić information content (AvgIpc) is 3.51. The molecule has 4 heterocycles. The summed E-state index contributed by atoms with van der Waals surface area (Å²) in [5.41, 5.74) is 3.93. The largest absolute Gasteiger partial charge is 0.340 e. The summed E-state index contributed by atoms with van der Waals surface area (Å²) in [4.78, 5) is 26.1. The van der Waals surface area contributed by atoms with E-state index in [9.17, 15) is 4.79 Å². The predicted octanol–water partition coefficient (Wildman–Crippen LogP) is 4.42. The minimum Gasteiger partial charge on any atom is -0.340 e. The first kappa shape index (κ1) is 19.9. The number of hydrogen-bond donors (Lipinski definition) is 3. The molecule has 0 fully saturated rings. The van der Waals surface area contributed by atoms with Crippen molar-refractivity contribution in [2.75, 3.05) is 10.6 Å². The number of thiazole rings is 1. The van der Waals surface area contributed by atoms with Crippen LogP contribution in [0.3, 0.4) is 0 Å². The maximum Gasteiger partial charge on any atom is 0.284 e. The summed E-state index contributed by atoms with van der Waals surface area (Å²) in [5, 5.41) is 21.9. The predicted molar refractivity (Wildman–Crippen MR) is 130 cm³/mol. The first-order valence-corrected chi connectivity index (χ1v) is 11.1. The number of aromatic nitrogens is 7. The normalized spacial score (nSPS) is 11.1. The molecule has 164 valence electrons. The Morgan fingerprint density at radius 1 is 0.912 bits per heavy atom. The molecule has 0 aliphatic rings. The lowest BCUT2D eigenvalue weighted by Gasteiger charge is -2.07. The van der Waals surface area contributed by atoms with Gasteiger partial charge in [0.05, 0.1) is 40.0 Å². The van der Waals surface area contributed by atoms with E-state index in [0.29, 0.717) is 27.9 Å². The third kappa shape index (κ3) is 3.91. The van der Waals surface area contributed by atoms with Crippen LogP contribution in [0.5, 0.6) is 0 Å². The number of carbonyl (C=O) groups is 1. The maximum absolute atomic E-state index is 12.6. The van der Waals surface area contributed by atoms with E-state index in [1.165, 1.54) is 23.7 Å². The number of H-pyrrole nitrogens is 1. The Labute approximate surface area is 196 Å². The number of amides is 1. The first-order valence-electron chi connectivity index (χ1n) is 10.2. The third-order valence-corrected chi connectivity index (χ3v) is 6.09. The van der Waals surface area contributed by atoms with Crippen molar-refractivity contribution in [3.05, 3.63) is 78.3 Å². The minimum absolute atomic E-state index is 0.298. The van der Waals surface area contributed by atoms with Crippen LogP contribution < -0.4 is 10.6 Å². The Kier molecular flexibility index (Phi) is 4.85. The molecule has 3 N–H and O–H groups in total. The van der Waals surface area contributed by atoms with Crippen molar-refractivity contribution in [2.45, 2.75) is 0 Å². The van der Waals surface area contributed by atoms with Gasteiger partial charge in [-0.2, -0.15) is 15.3 Å². The molecule has 0 aliphatic heterocycles. The summed E-state index contributed by atoms with van der Waals surface area (Å²) in [7, 11) is 0. The Hall–Kier alpha value is -4.77. The zero-order valence-corrected chi connectivity index (χ0v) is 18.2. The lowest BCUT2D eigenvalue weighted by molar-refractivity contribution is 0.102. The molecule has 10 nitrogen and oxygen atoms in total. The van der Waals surface area contributed by atoms with Crippen LogP contribution in [0.1, 0.15) is 9.80 Å². The van der Waals surface area contributed by atoms with E-state index in [0.717, 1.165) is 26.9 Å². The molecule has 0 aliphatic carbocycles. The van der Waals surface area contributed by atoms with Crippen LogP contribution in [-0.4, -0.2) is 41.3 Å². The molecule has 6 aromatic rings. The molecule has 0 bridgehead atoms. The standard InChI is InChI=1S/C23H15N9OS/c33-22(29-16-5-8-25-26-12-16)23-30-18-10-13(1-4-19(18)34-23)21-24-7-6-20(31-21)28-15-2-3-17-14(9-15)11-27-32-17/h1-12H,(H,27,32)(H,24,28,31)(H,25,29,33). The van der Waals surface area contributed by atoms with Gasteiger partial charge >= 0.3 is 0 Å². The summed E-state index contributed by atoms with van der Waals surface area (Å²) in [6.45, 7) is 0. The van der Waals surface area contributed by atoms with Gasteiger partial charge in [-0.15, -0.1) is 11.3 Å². The van der Waals surface area contributed by atoms with Crippen molar-refractivity contribution < 1.29 is 4.79 Å². The fourth-order valence-electron chi connectivity index (χ4n) is 3.45. The average molecular weight is 466 g/mol. The second-order valence-electron chi connectivity index (χ2n) is 7.35.